The standard InChI is InChI=1S/C20H22BrN5O/c21-15-4-1-5-16(10-15)23-11-17(27)9-14-3-2-8-26(12-14)20-18-6-7-22-19(18)24-13-25-20/h1,4-7,10,13-14,23H,2-3,8-9,11-12H2,(H,22,24,25). The number of Topliss-reactive ketones (excluding diaryl/α,β-unsaturated/α-hetero) is 1. The lowest BCUT2D eigenvalue weighted by Crippen LogP contribution is -2.37. The van der Waals surface area contributed by atoms with Gasteiger partial charge in [0.1, 0.15) is 17.8 Å². The van der Waals surface area contributed by atoms with E-state index in [0.717, 1.165) is 52.9 Å². The first kappa shape index (κ1) is 18.0. The van der Waals surface area contributed by atoms with E-state index in [2.05, 4.69) is 41.1 Å². The van der Waals surface area contributed by atoms with Crippen molar-refractivity contribution in [2.24, 2.45) is 5.92 Å². The molecule has 3 aromatic rings. The van der Waals surface area contributed by atoms with E-state index in [-0.39, 0.29) is 5.78 Å². The Labute approximate surface area is 166 Å². The third-order valence-corrected chi connectivity index (χ3v) is 5.48. The van der Waals surface area contributed by atoms with Gasteiger partial charge in [-0.15, -0.1) is 0 Å². The first-order valence-corrected chi connectivity index (χ1v) is 10.0. The molecule has 2 aromatic heterocycles. The molecule has 27 heavy (non-hydrogen) atoms. The smallest absolute Gasteiger partial charge is 0.152 e. The fourth-order valence-corrected chi connectivity index (χ4v) is 4.13. The third-order valence-electron chi connectivity index (χ3n) is 4.98. The van der Waals surface area contributed by atoms with Crippen molar-refractivity contribution in [2.75, 3.05) is 29.9 Å². The van der Waals surface area contributed by atoms with E-state index in [1.165, 1.54) is 0 Å². The maximum Gasteiger partial charge on any atom is 0.152 e. The Morgan fingerprint density at radius 2 is 2.26 bits per heavy atom. The fourth-order valence-electron chi connectivity index (χ4n) is 3.73. The molecule has 1 atom stereocenters. The van der Waals surface area contributed by atoms with Crippen LogP contribution < -0.4 is 10.2 Å². The number of aromatic amines is 1. The number of nitrogens with zero attached hydrogens (tertiary/aromatic N) is 3. The monoisotopic (exact) mass is 427 g/mol. The molecule has 0 saturated carbocycles. The molecule has 1 aliphatic heterocycles. The summed E-state index contributed by atoms with van der Waals surface area (Å²) in [7, 11) is 0. The van der Waals surface area contributed by atoms with Gasteiger partial charge in [0.05, 0.1) is 11.9 Å². The molecule has 0 amide bonds. The van der Waals surface area contributed by atoms with Crippen LogP contribution in [0.25, 0.3) is 11.0 Å². The zero-order chi connectivity index (χ0) is 18.6. The Bertz CT molecular complexity index is 941. The summed E-state index contributed by atoms with van der Waals surface area (Å²) in [6, 6.07) is 9.89. The first-order chi connectivity index (χ1) is 13.2. The van der Waals surface area contributed by atoms with Crippen LogP contribution in [0.5, 0.6) is 0 Å². The van der Waals surface area contributed by atoms with Gasteiger partial charge in [0.2, 0.25) is 0 Å². The molecular weight excluding hydrogens is 406 g/mol. The van der Waals surface area contributed by atoms with E-state index < -0.39 is 0 Å². The van der Waals surface area contributed by atoms with E-state index in [1.54, 1.807) is 6.33 Å². The summed E-state index contributed by atoms with van der Waals surface area (Å²) in [6.45, 7) is 2.20. The van der Waals surface area contributed by atoms with Crippen LogP contribution in [0.4, 0.5) is 11.5 Å². The highest BCUT2D eigenvalue weighted by Gasteiger charge is 2.24. The van der Waals surface area contributed by atoms with Crippen LogP contribution in [-0.2, 0) is 4.79 Å². The van der Waals surface area contributed by atoms with E-state index in [4.69, 9.17) is 0 Å². The molecule has 1 aromatic carbocycles. The summed E-state index contributed by atoms with van der Waals surface area (Å²) in [5.41, 5.74) is 1.82. The Morgan fingerprint density at radius 3 is 3.15 bits per heavy atom. The highest BCUT2D eigenvalue weighted by molar-refractivity contribution is 9.10. The largest absolute Gasteiger partial charge is 0.378 e. The molecule has 1 saturated heterocycles. The predicted octanol–water partition coefficient (Wildman–Crippen LogP) is 4.01. The number of anilines is 2. The van der Waals surface area contributed by atoms with Gasteiger partial charge in [-0.05, 0) is 43.0 Å². The average Bonchev–Trinajstić information content (AvgIpc) is 3.15. The van der Waals surface area contributed by atoms with Crippen LogP contribution in [-0.4, -0.2) is 40.4 Å². The molecule has 1 fully saturated rings. The van der Waals surface area contributed by atoms with E-state index >= 15 is 0 Å². The maximum atomic E-state index is 12.5. The summed E-state index contributed by atoms with van der Waals surface area (Å²) in [6.07, 6.45) is 6.25. The number of rotatable bonds is 6. The van der Waals surface area contributed by atoms with Crippen molar-refractivity contribution in [3.63, 3.8) is 0 Å². The number of hydrogen-bond acceptors (Lipinski definition) is 5. The van der Waals surface area contributed by atoms with Gasteiger partial charge in [-0.2, -0.15) is 0 Å². The number of piperidine rings is 1. The molecular formula is C20H22BrN5O. The molecule has 0 aliphatic carbocycles. The lowest BCUT2D eigenvalue weighted by atomic mass is 9.92. The van der Waals surface area contributed by atoms with Crippen molar-refractivity contribution < 1.29 is 4.79 Å². The SMILES string of the molecule is O=C(CNc1cccc(Br)c1)CC1CCCN(c2ncnc3[nH]ccc23)C1. The van der Waals surface area contributed by atoms with Gasteiger partial charge >= 0.3 is 0 Å². The van der Waals surface area contributed by atoms with Crippen LogP contribution in [0.3, 0.4) is 0 Å². The molecule has 3 heterocycles. The second-order valence-electron chi connectivity index (χ2n) is 7.00. The van der Waals surface area contributed by atoms with Crippen molar-refractivity contribution in [3.05, 3.63) is 47.3 Å². The number of nitrogens with one attached hydrogen (secondary N) is 2. The van der Waals surface area contributed by atoms with Gasteiger partial charge in [-0.25, -0.2) is 9.97 Å². The number of benzene rings is 1. The lowest BCUT2D eigenvalue weighted by molar-refractivity contribution is -0.118. The number of hydrogen-bond donors (Lipinski definition) is 2. The van der Waals surface area contributed by atoms with Crippen LogP contribution in [0, 0.1) is 5.92 Å². The fraction of sp³-hybridized carbons (Fsp3) is 0.350. The second kappa shape index (κ2) is 8.08. The maximum absolute atomic E-state index is 12.5. The molecule has 2 N–H and O–H groups in total. The number of fused-ring (bicyclic) bond motifs is 1. The third kappa shape index (κ3) is 4.30. The highest BCUT2D eigenvalue weighted by atomic mass is 79.9. The summed E-state index contributed by atoms with van der Waals surface area (Å²) < 4.78 is 1.00. The summed E-state index contributed by atoms with van der Waals surface area (Å²) in [5.74, 6) is 1.57. The minimum Gasteiger partial charge on any atom is -0.378 e. The zero-order valence-corrected chi connectivity index (χ0v) is 16.6. The van der Waals surface area contributed by atoms with Crippen molar-refractivity contribution in [1.29, 1.82) is 0 Å². The molecule has 4 rings (SSSR count). The van der Waals surface area contributed by atoms with Crippen molar-refractivity contribution in [2.45, 2.75) is 19.3 Å². The van der Waals surface area contributed by atoms with Crippen molar-refractivity contribution in [1.82, 2.24) is 15.0 Å². The molecule has 0 bridgehead atoms. The van der Waals surface area contributed by atoms with Crippen molar-refractivity contribution >= 4 is 44.3 Å². The Balaban J connectivity index is 1.35. The number of halogens is 1. The Morgan fingerprint density at radius 1 is 1.33 bits per heavy atom. The topological polar surface area (TPSA) is 73.9 Å². The molecule has 6 nitrogen and oxygen atoms in total. The number of carbonyl (C=O) groups excluding carboxylic acids is 1. The van der Waals surface area contributed by atoms with Crippen LogP contribution in [0.2, 0.25) is 0 Å². The van der Waals surface area contributed by atoms with Crippen LogP contribution >= 0.6 is 15.9 Å². The van der Waals surface area contributed by atoms with E-state index in [9.17, 15) is 4.79 Å². The van der Waals surface area contributed by atoms with Crippen LogP contribution in [0.15, 0.2) is 47.3 Å². The minimum absolute atomic E-state index is 0.247. The number of H-pyrrole nitrogens is 1. The second-order valence-corrected chi connectivity index (χ2v) is 7.91. The quantitative estimate of drug-likeness (QED) is 0.621. The first-order valence-electron chi connectivity index (χ1n) is 9.23. The summed E-state index contributed by atoms with van der Waals surface area (Å²) >= 11 is 3.45. The Hall–Kier alpha value is -2.41. The summed E-state index contributed by atoms with van der Waals surface area (Å²) in [5, 5.41) is 4.26. The number of carbonyl (C=O) groups is 1. The molecule has 0 spiro atoms. The number of aromatic nitrogens is 3. The van der Waals surface area contributed by atoms with Crippen LogP contribution in [0.1, 0.15) is 19.3 Å². The van der Waals surface area contributed by atoms with Gasteiger partial charge in [-0.1, -0.05) is 22.0 Å². The van der Waals surface area contributed by atoms with Gasteiger partial charge in [0.25, 0.3) is 0 Å². The highest BCUT2D eigenvalue weighted by Crippen LogP contribution is 2.28. The van der Waals surface area contributed by atoms with Gasteiger partial charge in [-0.3, -0.25) is 4.79 Å². The summed E-state index contributed by atoms with van der Waals surface area (Å²) in [4.78, 5) is 26.6. The average molecular weight is 428 g/mol. The molecule has 1 aliphatic rings. The number of ketones is 1. The predicted molar refractivity (Wildman–Crippen MR) is 111 cm³/mol. The van der Waals surface area contributed by atoms with E-state index in [1.807, 2.05) is 36.5 Å². The normalized spacial score (nSPS) is 17.2. The van der Waals surface area contributed by atoms with E-state index in [0.29, 0.717) is 18.9 Å². The van der Waals surface area contributed by atoms with Gasteiger partial charge in [0.15, 0.2) is 5.78 Å². The molecule has 140 valence electrons. The zero-order valence-electron chi connectivity index (χ0n) is 15.0. The van der Waals surface area contributed by atoms with Crippen molar-refractivity contribution in [3.8, 4) is 0 Å². The molecule has 7 heteroatoms. The molecule has 0 radical (unpaired) electrons. The van der Waals surface area contributed by atoms with Gasteiger partial charge in [0, 0.05) is 35.9 Å². The lowest BCUT2D eigenvalue weighted by Gasteiger charge is -2.33. The Kier molecular flexibility index (Phi) is 5.38. The van der Waals surface area contributed by atoms with Gasteiger partial charge < -0.3 is 15.2 Å². The minimum atomic E-state index is 0.247. The molecule has 1 unspecified atom stereocenters.